The molecule has 0 aliphatic heterocycles. The third-order valence-corrected chi connectivity index (χ3v) is 15.7. The molecule has 0 atom stereocenters. The fraction of sp³-hybridized carbons (Fsp3) is 0.0323. The number of rotatable bonds is 5. The number of nitrogens with zero attached hydrogens (tertiary/aromatic N) is 1. The Morgan fingerprint density at radius 3 is 1.34 bits per heavy atom. The van der Waals surface area contributed by atoms with Crippen molar-refractivity contribution in [1.82, 2.24) is 0 Å². The summed E-state index contributed by atoms with van der Waals surface area (Å²) in [4.78, 5) is 2.49. The summed E-state index contributed by atoms with van der Waals surface area (Å²) in [7, 11) is 0. The lowest BCUT2D eigenvalue weighted by Crippen LogP contribution is -2.28. The Labute approximate surface area is 376 Å². The Hall–Kier alpha value is -7.78. The molecular formula is C62H39NS. The lowest BCUT2D eigenvalue weighted by atomic mass is 9.67. The summed E-state index contributed by atoms with van der Waals surface area (Å²) in [5.74, 6) is 0. The average molecular weight is 830 g/mol. The van der Waals surface area contributed by atoms with Crippen LogP contribution in [0, 0.1) is 0 Å². The van der Waals surface area contributed by atoms with Crippen molar-refractivity contribution < 1.29 is 0 Å². The Kier molecular flexibility index (Phi) is 7.47. The molecule has 0 saturated heterocycles. The lowest BCUT2D eigenvalue weighted by Gasteiger charge is -2.33. The molecule has 1 aromatic heterocycles. The summed E-state index contributed by atoms with van der Waals surface area (Å²) in [6, 6.07) is 88.7. The molecule has 0 fully saturated rings. The van der Waals surface area contributed by atoms with Gasteiger partial charge < -0.3 is 4.90 Å². The monoisotopic (exact) mass is 829 g/mol. The fourth-order valence-electron chi connectivity index (χ4n) is 12.2. The van der Waals surface area contributed by atoms with Crippen LogP contribution in [0.15, 0.2) is 237 Å². The van der Waals surface area contributed by atoms with Crippen molar-refractivity contribution in [2.75, 3.05) is 4.90 Å². The van der Waals surface area contributed by atoms with E-state index >= 15 is 0 Å². The fourth-order valence-corrected chi connectivity index (χ4v) is 13.3. The molecule has 0 N–H and O–H groups in total. The zero-order valence-corrected chi connectivity index (χ0v) is 35.7. The van der Waals surface area contributed by atoms with Gasteiger partial charge in [-0.25, -0.2) is 0 Å². The number of anilines is 3. The number of thiophene rings is 1. The molecule has 64 heavy (non-hydrogen) atoms. The minimum atomic E-state index is -0.435. The minimum Gasteiger partial charge on any atom is -0.310 e. The van der Waals surface area contributed by atoms with Crippen molar-refractivity contribution in [1.29, 1.82) is 0 Å². The Morgan fingerprint density at radius 1 is 0.297 bits per heavy atom. The standard InChI is InChI=1S/C62H39NS/c1-3-18-40(19-4-1)61(51-27-12-7-22-44(51)45-23-8-13-28-52(45)61)41-34-36-48-49-37-35-43(39-59(49)64-58(48)38-41)63(42-20-5-2-6-21-42)57-33-17-32-56-60(57)50-26-11-16-31-55(50)62(56)53-29-14-9-24-46(53)47-25-10-15-30-54(47)62/h1-39H. The maximum atomic E-state index is 2.49. The van der Waals surface area contributed by atoms with E-state index < -0.39 is 10.8 Å². The van der Waals surface area contributed by atoms with Gasteiger partial charge in [0.2, 0.25) is 0 Å². The molecule has 0 bridgehead atoms. The van der Waals surface area contributed by atoms with Crippen molar-refractivity contribution in [2.45, 2.75) is 10.8 Å². The molecule has 1 nitrogen and oxygen atoms in total. The van der Waals surface area contributed by atoms with Crippen LogP contribution in [0.25, 0.3) is 53.6 Å². The van der Waals surface area contributed by atoms with Crippen molar-refractivity contribution in [2.24, 2.45) is 0 Å². The number of benzene rings is 10. The number of fused-ring (bicyclic) bond motifs is 16. The molecule has 298 valence electrons. The number of hydrogen-bond acceptors (Lipinski definition) is 2. The van der Waals surface area contributed by atoms with Crippen molar-refractivity contribution in [3.8, 4) is 33.4 Å². The topological polar surface area (TPSA) is 3.24 Å². The number of hydrogen-bond donors (Lipinski definition) is 0. The van der Waals surface area contributed by atoms with Crippen LogP contribution >= 0.6 is 11.3 Å². The summed E-state index contributed by atoms with van der Waals surface area (Å²) in [5.41, 5.74) is 21.1. The molecule has 0 amide bonds. The molecular weight excluding hydrogens is 791 g/mol. The summed E-state index contributed by atoms with van der Waals surface area (Å²) in [6.45, 7) is 0. The van der Waals surface area contributed by atoms with Gasteiger partial charge in [-0.3, -0.25) is 0 Å². The van der Waals surface area contributed by atoms with Crippen LogP contribution in [0.1, 0.15) is 44.5 Å². The summed E-state index contributed by atoms with van der Waals surface area (Å²) in [6.07, 6.45) is 0. The number of para-hydroxylation sites is 1. The molecule has 1 heterocycles. The third kappa shape index (κ3) is 4.57. The first-order chi connectivity index (χ1) is 31.8. The highest BCUT2D eigenvalue weighted by molar-refractivity contribution is 7.25. The van der Waals surface area contributed by atoms with Crippen molar-refractivity contribution in [3.05, 3.63) is 281 Å². The van der Waals surface area contributed by atoms with E-state index in [-0.39, 0.29) is 0 Å². The zero-order valence-electron chi connectivity index (χ0n) is 34.9. The van der Waals surface area contributed by atoms with E-state index in [0.717, 1.165) is 11.4 Å². The molecule has 0 saturated carbocycles. The van der Waals surface area contributed by atoms with Crippen LogP contribution < -0.4 is 4.90 Å². The van der Waals surface area contributed by atoms with E-state index in [1.165, 1.54) is 104 Å². The second kappa shape index (κ2) is 13.4. The molecule has 11 aromatic rings. The quantitative estimate of drug-likeness (QED) is 0.167. The highest BCUT2D eigenvalue weighted by Crippen LogP contribution is 2.65. The first-order valence-electron chi connectivity index (χ1n) is 22.3. The van der Waals surface area contributed by atoms with Gasteiger partial charge in [0.25, 0.3) is 0 Å². The maximum Gasteiger partial charge on any atom is 0.0726 e. The second-order valence-corrected chi connectivity index (χ2v) is 18.5. The van der Waals surface area contributed by atoms with Crippen molar-refractivity contribution >= 4 is 48.6 Å². The van der Waals surface area contributed by atoms with Gasteiger partial charge in [0, 0.05) is 37.1 Å². The van der Waals surface area contributed by atoms with Crippen LogP contribution in [0.4, 0.5) is 17.1 Å². The molecule has 3 aliphatic carbocycles. The van der Waals surface area contributed by atoms with E-state index in [1.807, 2.05) is 11.3 Å². The van der Waals surface area contributed by atoms with Gasteiger partial charge in [0.15, 0.2) is 0 Å². The molecule has 14 rings (SSSR count). The van der Waals surface area contributed by atoms with E-state index in [1.54, 1.807) is 0 Å². The highest BCUT2D eigenvalue weighted by atomic mass is 32.1. The van der Waals surface area contributed by atoms with E-state index in [0.29, 0.717) is 0 Å². The molecule has 2 heteroatoms. The summed E-state index contributed by atoms with van der Waals surface area (Å²) < 4.78 is 2.57. The SMILES string of the molecule is c1ccc(N(c2ccc3c(c2)sc2cc(C4(c5ccccc5)c5ccccc5-c5ccccc54)ccc23)c2cccc3c2-c2ccccc2C32c3ccccc3-c3ccccc32)cc1. The van der Waals surface area contributed by atoms with Crippen LogP contribution in [0.5, 0.6) is 0 Å². The predicted molar refractivity (Wildman–Crippen MR) is 268 cm³/mol. The maximum absolute atomic E-state index is 2.49. The van der Waals surface area contributed by atoms with Gasteiger partial charge in [-0.05, 0) is 109 Å². The first kappa shape index (κ1) is 35.8. The highest BCUT2D eigenvalue weighted by Gasteiger charge is 2.52. The van der Waals surface area contributed by atoms with Gasteiger partial charge in [0.05, 0.1) is 16.5 Å². The minimum absolute atomic E-state index is 0.415. The van der Waals surface area contributed by atoms with Gasteiger partial charge in [0.1, 0.15) is 0 Å². The normalized spacial score (nSPS) is 14.2. The van der Waals surface area contributed by atoms with E-state index in [9.17, 15) is 0 Å². The van der Waals surface area contributed by atoms with Crippen molar-refractivity contribution in [3.63, 3.8) is 0 Å². The predicted octanol–water partition coefficient (Wildman–Crippen LogP) is 16.2. The molecule has 0 radical (unpaired) electrons. The Balaban J connectivity index is 0.977. The van der Waals surface area contributed by atoms with Crippen LogP contribution in [-0.2, 0) is 10.8 Å². The summed E-state index contributed by atoms with van der Waals surface area (Å²) >= 11 is 1.90. The van der Waals surface area contributed by atoms with E-state index in [2.05, 4.69) is 241 Å². The van der Waals surface area contributed by atoms with Gasteiger partial charge in [-0.15, -0.1) is 11.3 Å². The molecule has 0 unspecified atom stereocenters. The smallest absolute Gasteiger partial charge is 0.0726 e. The first-order valence-corrected chi connectivity index (χ1v) is 23.1. The Bertz CT molecular complexity index is 3600. The van der Waals surface area contributed by atoms with Crippen LogP contribution in [0.3, 0.4) is 0 Å². The van der Waals surface area contributed by atoms with Crippen LogP contribution in [-0.4, -0.2) is 0 Å². The zero-order chi connectivity index (χ0) is 42.0. The second-order valence-electron chi connectivity index (χ2n) is 17.5. The van der Waals surface area contributed by atoms with E-state index in [4.69, 9.17) is 0 Å². The molecule has 10 aromatic carbocycles. The Morgan fingerprint density at radius 2 is 0.750 bits per heavy atom. The largest absolute Gasteiger partial charge is 0.310 e. The van der Waals surface area contributed by atoms with Crippen LogP contribution in [0.2, 0.25) is 0 Å². The molecule has 1 spiro atoms. The molecule has 3 aliphatic rings. The summed E-state index contributed by atoms with van der Waals surface area (Å²) in [5, 5.41) is 2.57. The van der Waals surface area contributed by atoms with Gasteiger partial charge in [-0.2, -0.15) is 0 Å². The lowest BCUT2D eigenvalue weighted by molar-refractivity contribution is 0.770. The van der Waals surface area contributed by atoms with Gasteiger partial charge >= 0.3 is 0 Å². The average Bonchev–Trinajstić information content (AvgIpc) is 4.07. The van der Waals surface area contributed by atoms with Gasteiger partial charge in [-0.1, -0.05) is 200 Å². The third-order valence-electron chi connectivity index (χ3n) is 14.6.